The van der Waals surface area contributed by atoms with Crippen molar-refractivity contribution in [2.75, 3.05) is 6.54 Å². The van der Waals surface area contributed by atoms with Gasteiger partial charge in [0.1, 0.15) is 5.82 Å². The first-order chi connectivity index (χ1) is 8.26. The topological polar surface area (TPSA) is 43.8 Å². The third-order valence-corrected chi connectivity index (χ3v) is 3.03. The van der Waals surface area contributed by atoms with E-state index in [1.807, 2.05) is 0 Å². The highest BCUT2D eigenvalue weighted by molar-refractivity contribution is 5.76. The van der Waals surface area contributed by atoms with Crippen LogP contribution in [0, 0.1) is 6.92 Å². The van der Waals surface area contributed by atoms with E-state index in [2.05, 4.69) is 36.6 Å². The molecule has 2 rings (SSSR count). The molecule has 1 aromatic heterocycles. The number of hydrogen-bond acceptors (Lipinski definition) is 2. The zero-order valence-corrected chi connectivity index (χ0v) is 10.7. The van der Waals surface area contributed by atoms with Gasteiger partial charge in [0.2, 0.25) is 0 Å². The van der Waals surface area contributed by atoms with Crippen LogP contribution in [0.2, 0.25) is 0 Å². The number of rotatable bonds is 5. The first-order valence-corrected chi connectivity index (χ1v) is 6.42. The summed E-state index contributed by atoms with van der Waals surface area (Å²) in [5, 5.41) is 0. The third-order valence-electron chi connectivity index (χ3n) is 3.03. The van der Waals surface area contributed by atoms with Crippen LogP contribution < -0.4 is 5.73 Å². The highest BCUT2D eigenvalue weighted by Crippen LogP contribution is 2.19. The van der Waals surface area contributed by atoms with Crippen LogP contribution in [0.5, 0.6) is 0 Å². The number of imidazole rings is 1. The minimum absolute atomic E-state index is 0.731. The van der Waals surface area contributed by atoms with Gasteiger partial charge in [0.15, 0.2) is 0 Å². The maximum absolute atomic E-state index is 5.58. The number of hydrogen-bond donors (Lipinski definition) is 1. The van der Waals surface area contributed by atoms with E-state index in [9.17, 15) is 0 Å². The molecule has 0 aliphatic heterocycles. The largest absolute Gasteiger partial charge is 0.330 e. The summed E-state index contributed by atoms with van der Waals surface area (Å²) in [4.78, 5) is 4.74. The zero-order valence-electron chi connectivity index (χ0n) is 10.7. The van der Waals surface area contributed by atoms with Gasteiger partial charge in [-0.3, -0.25) is 0 Å². The minimum atomic E-state index is 0.731. The zero-order chi connectivity index (χ0) is 12.3. The van der Waals surface area contributed by atoms with Gasteiger partial charge in [0, 0.05) is 13.0 Å². The second-order valence-corrected chi connectivity index (χ2v) is 4.56. The smallest absolute Gasteiger partial charge is 0.109 e. The van der Waals surface area contributed by atoms with Crippen molar-refractivity contribution in [1.82, 2.24) is 9.55 Å². The molecule has 0 amide bonds. The van der Waals surface area contributed by atoms with E-state index in [1.54, 1.807) is 0 Å². The van der Waals surface area contributed by atoms with Gasteiger partial charge in [-0.2, -0.15) is 0 Å². The van der Waals surface area contributed by atoms with Crippen molar-refractivity contribution < 1.29 is 0 Å². The molecule has 0 saturated carbocycles. The van der Waals surface area contributed by atoms with E-state index >= 15 is 0 Å². The average molecular weight is 231 g/mol. The fraction of sp³-hybridized carbons (Fsp3) is 0.500. The summed E-state index contributed by atoms with van der Waals surface area (Å²) in [5.41, 5.74) is 9.22. The first-order valence-electron chi connectivity index (χ1n) is 6.42. The Bertz CT molecular complexity index is 499. The van der Waals surface area contributed by atoms with Crippen molar-refractivity contribution in [2.45, 2.75) is 39.7 Å². The molecule has 0 spiro atoms. The summed E-state index contributed by atoms with van der Waals surface area (Å²) in [6.07, 6.45) is 3.12. The van der Waals surface area contributed by atoms with Gasteiger partial charge >= 0.3 is 0 Å². The normalized spacial score (nSPS) is 11.2. The van der Waals surface area contributed by atoms with Gasteiger partial charge < -0.3 is 10.3 Å². The lowest BCUT2D eigenvalue weighted by Crippen LogP contribution is -2.07. The predicted octanol–water partition coefficient (Wildman–Crippen LogP) is 2.65. The Morgan fingerprint density at radius 2 is 2.18 bits per heavy atom. The average Bonchev–Trinajstić information content (AvgIpc) is 2.64. The molecule has 0 radical (unpaired) electrons. The molecule has 2 N–H and O–H groups in total. The Balaban J connectivity index is 2.45. The number of nitrogens with zero attached hydrogens (tertiary/aromatic N) is 2. The molecule has 1 aromatic carbocycles. The molecule has 0 unspecified atom stereocenters. The van der Waals surface area contributed by atoms with E-state index in [-0.39, 0.29) is 0 Å². The number of benzene rings is 1. The number of nitrogens with two attached hydrogens (primary N) is 1. The van der Waals surface area contributed by atoms with E-state index in [4.69, 9.17) is 10.7 Å². The molecular formula is C14H21N3. The Labute approximate surface area is 103 Å². The summed E-state index contributed by atoms with van der Waals surface area (Å²) in [5.74, 6) is 1.18. The van der Waals surface area contributed by atoms with Crippen molar-refractivity contribution in [3.8, 4) is 0 Å². The molecular weight excluding hydrogens is 210 g/mol. The Kier molecular flexibility index (Phi) is 3.79. The molecule has 0 atom stereocenters. The lowest BCUT2D eigenvalue weighted by molar-refractivity contribution is 0.639. The van der Waals surface area contributed by atoms with E-state index < -0.39 is 0 Å². The molecule has 1 heterocycles. The molecule has 3 nitrogen and oxygen atoms in total. The van der Waals surface area contributed by atoms with E-state index in [0.29, 0.717) is 0 Å². The maximum Gasteiger partial charge on any atom is 0.109 e. The monoisotopic (exact) mass is 231 g/mol. The van der Waals surface area contributed by atoms with Crippen molar-refractivity contribution in [3.63, 3.8) is 0 Å². The molecule has 2 aromatic rings. The van der Waals surface area contributed by atoms with Crippen LogP contribution in [0.4, 0.5) is 0 Å². The van der Waals surface area contributed by atoms with Gasteiger partial charge in [-0.05, 0) is 44.0 Å². The van der Waals surface area contributed by atoms with Crippen LogP contribution in [0.1, 0.15) is 31.2 Å². The number of aromatic nitrogens is 2. The molecule has 0 saturated heterocycles. The standard InChI is InChI=1S/C14H21N3/c1-3-9-17-13-7-6-11(2)10-12(13)16-14(17)5-4-8-15/h6-7,10H,3-5,8-9,15H2,1-2H3. The van der Waals surface area contributed by atoms with Crippen LogP contribution in [-0.4, -0.2) is 16.1 Å². The van der Waals surface area contributed by atoms with E-state index in [0.717, 1.165) is 37.9 Å². The van der Waals surface area contributed by atoms with Gasteiger partial charge in [-0.25, -0.2) is 4.98 Å². The first kappa shape index (κ1) is 12.1. The van der Waals surface area contributed by atoms with Crippen molar-refractivity contribution in [2.24, 2.45) is 5.73 Å². The molecule has 0 aliphatic carbocycles. The summed E-state index contributed by atoms with van der Waals surface area (Å²) in [6, 6.07) is 6.50. The van der Waals surface area contributed by atoms with Crippen LogP contribution in [0.15, 0.2) is 18.2 Å². The predicted molar refractivity (Wildman–Crippen MR) is 72.1 cm³/mol. The van der Waals surface area contributed by atoms with Gasteiger partial charge in [-0.15, -0.1) is 0 Å². The SMILES string of the molecule is CCCn1c(CCCN)nc2cc(C)ccc21. The quantitative estimate of drug-likeness (QED) is 0.859. The second-order valence-electron chi connectivity index (χ2n) is 4.56. The summed E-state index contributed by atoms with van der Waals surface area (Å²) >= 11 is 0. The lowest BCUT2D eigenvalue weighted by Gasteiger charge is -2.07. The molecule has 92 valence electrons. The summed E-state index contributed by atoms with van der Waals surface area (Å²) in [6.45, 7) is 6.08. The molecule has 0 aliphatic rings. The van der Waals surface area contributed by atoms with Crippen molar-refractivity contribution in [3.05, 3.63) is 29.6 Å². The molecule has 0 fully saturated rings. The fourth-order valence-electron chi connectivity index (χ4n) is 2.21. The van der Waals surface area contributed by atoms with Gasteiger partial charge in [-0.1, -0.05) is 13.0 Å². The van der Waals surface area contributed by atoms with Crippen LogP contribution in [0.25, 0.3) is 11.0 Å². The highest BCUT2D eigenvalue weighted by Gasteiger charge is 2.09. The van der Waals surface area contributed by atoms with Crippen molar-refractivity contribution >= 4 is 11.0 Å². The van der Waals surface area contributed by atoms with Crippen molar-refractivity contribution in [1.29, 1.82) is 0 Å². The summed E-state index contributed by atoms with van der Waals surface area (Å²) < 4.78 is 2.34. The lowest BCUT2D eigenvalue weighted by atomic mass is 10.2. The van der Waals surface area contributed by atoms with Crippen LogP contribution in [-0.2, 0) is 13.0 Å². The van der Waals surface area contributed by atoms with Gasteiger partial charge in [0.05, 0.1) is 11.0 Å². The summed E-state index contributed by atoms with van der Waals surface area (Å²) in [7, 11) is 0. The minimum Gasteiger partial charge on any atom is -0.330 e. The Morgan fingerprint density at radius 1 is 1.35 bits per heavy atom. The van der Waals surface area contributed by atoms with Crippen LogP contribution >= 0.6 is 0 Å². The van der Waals surface area contributed by atoms with Crippen LogP contribution in [0.3, 0.4) is 0 Å². The Morgan fingerprint density at radius 3 is 2.88 bits per heavy atom. The molecule has 17 heavy (non-hydrogen) atoms. The second kappa shape index (κ2) is 5.32. The van der Waals surface area contributed by atoms with E-state index in [1.165, 1.54) is 16.9 Å². The molecule has 3 heteroatoms. The van der Waals surface area contributed by atoms with Gasteiger partial charge in [0.25, 0.3) is 0 Å². The maximum atomic E-state index is 5.58. The Hall–Kier alpha value is -1.35. The third kappa shape index (κ3) is 2.50. The molecule has 0 bridgehead atoms. The number of fused-ring (bicyclic) bond motifs is 1. The highest BCUT2D eigenvalue weighted by atomic mass is 15.1. The number of aryl methyl sites for hydroxylation is 3. The fourth-order valence-corrected chi connectivity index (χ4v) is 2.21.